The number of esters is 1. The molecule has 0 radical (unpaired) electrons. The molecule has 148 valence electrons. The molecule has 1 unspecified atom stereocenters. The maximum atomic E-state index is 12.3. The largest absolute Gasteiger partial charge is 0.497 e. The molecule has 1 atom stereocenters. The fourth-order valence-electron chi connectivity index (χ4n) is 2.26. The third-order valence-electron chi connectivity index (χ3n) is 3.69. The number of hydrogen-bond donors (Lipinski definition) is 2. The molecule has 2 rings (SSSR count). The van der Waals surface area contributed by atoms with E-state index in [2.05, 4.69) is 10.6 Å². The van der Waals surface area contributed by atoms with Crippen LogP contribution in [0.1, 0.15) is 18.1 Å². The minimum absolute atomic E-state index is 0.0668. The fourth-order valence-corrected chi connectivity index (χ4v) is 2.26. The summed E-state index contributed by atoms with van der Waals surface area (Å²) in [6, 6.07) is 14.7. The van der Waals surface area contributed by atoms with E-state index < -0.39 is 24.0 Å². The molecule has 2 aromatic rings. The second-order valence-electron chi connectivity index (χ2n) is 5.62. The molecule has 0 spiro atoms. The predicted octanol–water partition coefficient (Wildman–Crippen LogP) is 2.20. The normalized spacial score (nSPS) is 11.1. The number of hydrogen-bond acceptors (Lipinski definition) is 6. The molecule has 8 heteroatoms. The van der Waals surface area contributed by atoms with Crippen molar-refractivity contribution in [3.05, 3.63) is 60.2 Å². The zero-order valence-electron chi connectivity index (χ0n) is 15.6. The monoisotopic (exact) mass is 386 g/mol. The standard InChI is InChI=1S/C20H22N2O6/c1-21-20(25)22-19(24)18(14-6-4-3-5-7-14)28-17(23)12-13-27-16-10-8-15(26-2)9-11-16/h3-11,18H,12-13H2,1-2H3,(H2,21,22,24,25). The van der Waals surface area contributed by atoms with Crippen LogP contribution in [0, 0.1) is 0 Å². The van der Waals surface area contributed by atoms with Crippen molar-refractivity contribution in [2.24, 2.45) is 0 Å². The van der Waals surface area contributed by atoms with Crippen molar-refractivity contribution < 1.29 is 28.6 Å². The van der Waals surface area contributed by atoms with Crippen LogP contribution in [0.15, 0.2) is 54.6 Å². The van der Waals surface area contributed by atoms with Gasteiger partial charge in [0.2, 0.25) is 6.10 Å². The van der Waals surface area contributed by atoms with Crippen LogP contribution in [0.4, 0.5) is 4.79 Å². The van der Waals surface area contributed by atoms with Crippen LogP contribution < -0.4 is 20.1 Å². The van der Waals surface area contributed by atoms with E-state index in [4.69, 9.17) is 14.2 Å². The minimum atomic E-state index is -1.24. The van der Waals surface area contributed by atoms with Crippen molar-refractivity contribution in [1.82, 2.24) is 10.6 Å². The van der Waals surface area contributed by atoms with Crippen LogP contribution in [0.2, 0.25) is 0 Å². The second kappa shape index (κ2) is 10.6. The molecular weight excluding hydrogens is 364 g/mol. The van der Waals surface area contributed by atoms with Gasteiger partial charge in [-0.2, -0.15) is 0 Å². The van der Waals surface area contributed by atoms with Crippen molar-refractivity contribution in [3.8, 4) is 11.5 Å². The number of urea groups is 1. The number of rotatable bonds is 8. The van der Waals surface area contributed by atoms with Gasteiger partial charge >= 0.3 is 12.0 Å². The lowest BCUT2D eigenvalue weighted by molar-refractivity contribution is -0.156. The van der Waals surface area contributed by atoms with E-state index in [1.807, 2.05) is 0 Å². The van der Waals surface area contributed by atoms with Crippen LogP contribution in [0.25, 0.3) is 0 Å². The van der Waals surface area contributed by atoms with Gasteiger partial charge in [0.25, 0.3) is 5.91 Å². The third kappa shape index (κ3) is 6.31. The van der Waals surface area contributed by atoms with Gasteiger partial charge in [0, 0.05) is 12.6 Å². The Labute approximate surface area is 162 Å². The van der Waals surface area contributed by atoms with Gasteiger partial charge in [0.05, 0.1) is 20.1 Å². The van der Waals surface area contributed by atoms with Gasteiger partial charge in [0.15, 0.2) is 0 Å². The average molecular weight is 386 g/mol. The summed E-state index contributed by atoms with van der Waals surface area (Å²) in [6.07, 6.45) is -1.31. The lowest BCUT2D eigenvalue weighted by atomic mass is 10.1. The van der Waals surface area contributed by atoms with E-state index in [0.29, 0.717) is 17.1 Å². The molecule has 2 N–H and O–H groups in total. The Morgan fingerprint density at radius 2 is 1.61 bits per heavy atom. The Balaban J connectivity index is 1.93. The number of ether oxygens (including phenoxy) is 3. The molecule has 28 heavy (non-hydrogen) atoms. The maximum Gasteiger partial charge on any atom is 0.321 e. The first kappa shape index (κ1) is 20.8. The van der Waals surface area contributed by atoms with Crippen LogP contribution >= 0.6 is 0 Å². The minimum Gasteiger partial charge on any atom is -0.497 e. The smallest absolute Gasteiger partial charge is 0.321 e. The zero-order chi connectivity index (χ0) is 20.4. The Bertz CT molecular complexity index is 792. The van der Waals surface area contributed by atoms with Crippen molar-refractivity contribution in [1.29, 1.82) is 0 Å². The quantitative estimate of drug-likeness (QED) is 0.675. The number of benzene rings is 2. The molecule has 3 amide bonds. The van der Waals surface area contributed by atoms with Crippen molar-refractivity contribution >= 4 is 17.9 Å². The van der Waals surface area contributed by atoms with Gasteiger partial charge in [-0.3, -0.25) is 14.9 Å². The molecule has 8 nitrogen and oxygen atoms in total. The lowest BCUT2D eigenvalue weighted by Gasteiger charge is -2.17. The van der Waals surface area contributed by atoms with E-state index in [1.54, 1.807) is 61.7 Å². The first-order valence-electron chi connectivity index (χ1n) is 8.57. The summed E-state index contributed by atoms with van der Waals surface area (Å²) in [6.45, 7) is 0.0732. The number of imide groups is 1. The highest BCUT2D eigenvalue weighted by Crippen LogP contribution is 2.19. The van der Waals surface area contributed by atoms with Crippen LogP contribution in [0.5, 0.6) is 11.5 Å². The number of carbonyl (C=O) groups is 3. The molecule has 0 aromatic heterocycles. The first-order chi connectivity index (χ1) is 13.5. The van der Waals surface area contributed by atoms with E-state index >= 15 is 0 Å². The van der Waals surface area contributed by atoms with Crippen LogP contribution in [-0.2, 0) is 14.3 Å². The Kier molecular flexibility index (Phi) is 7.83. The molecule has 2 aromatic carbocycles. The highest BCUT2D eigenvalue weighted by Gasteiger charge is 2.26. The number of amides is 3. The molecule has 0 saturated heterocycles. The van der Waals surface area contributed by atoms with Gasteiger partial charge in [-0.05, 0) is 24.3 Å². The van der Waals surface area contributed by atoms with E-state index in [9.17, 15) is 14.4 Å². The third-order valence-corrected chi connectivity index (χ3v) is 3.69. The number of methoxy groups -OCH3 is 1. The topological polar surface area (TPSA) is 103 Å². The molecule has 0 fully saturated rings. The summed E-state index contributed by atoms with van der Waals surface area (Å²) in [5.41, 5.74) is 0.452. The average Bonchev–Trinajstić information content (AvgIpc) is 2.73. The van der Waals surface area contributed by atoms with E-state index in [0.717, 1.165) is 0 Å². The lowest BCUT2D eigenvalue weighted by Crippen LogP contribution is -2.41. The van der Waals surface area contributed by atoms with Gasteiger partial charge in [-0.25, -0.2) is 4.79 Å². The number of nitrogens with one attached hydrogen (secondary N) is 2. The highest BCUT2D eigenvalue weighted by molar-refractivity contribution is 5.97. The Morgan fingerprint density at radius 1 is 0.964 bits per heavy atom. The van der Waals surface area contributed by atoms with E-state index in [-0.39, 0.29) is 13.0 Å². The molecule has 0 aliphatic carbocycles. The summed E-state index contributed by atoms with van der Waals surface area (Å²) in [5.74, 6) is -0.102. The summed E-state index contributed by atoms with van der Waals surface area (Å²) in [4.78, 5) is 35.9. The summed E-state index contributed by atoms with van der Waals surface area (Å²) in [5, 5.41) is 4.39. The van der Waals surface area contributed by atoms with Gasteiger partial charge in [0.1, 0.15) is 11.5 Å². The fraction of sp³-hybridized carbons (Fsp3) is 0.250. The van der Waals surface area contributed by atoms with Crippen molar-refractivity contribution in [3.63, 3.8) is 0 Å². The highest BCUT2D eigenvalue weighted by atomic mass is 16.6. The van der Waals surface area contributed by atoms with Gasteiger partial charge in [-0.1, -0.05) is 30.3 Å². The van der Waals surface area contributed by atoms with E-state index in [1.165, 1.54) is 7.05 Å². The summed E-state index contributed by atoms with van der Waals surface area (Å²) >= 11 is 0. The molecule has 0 bridgehead atoms. The van der Waals surface area contributed by atoms with Crippen LogP contribution in [0.3, 0.4) is 0 Å². The molecule has 0 aliphatic heterocycles. The van der Waals surface area contributed by atoms with Gasteiger partial charge < -0.3 is 19.5 Å². The Hall–Kier alpha value is -3.55. The predicted molar refractivity (Wildman–Crippen MR) is 101 cm³/mol. The molecule has 0 aliphatic rings. The van der Waals surface area contributed by atoms with Gasteiger partial charge in [-0.15, -0.1) is 0 Å². The zero-order valence-corrected chi connectivity index (χ0v) is 15.6. The Morgan fingerprint density at radius 3 is 2.21 bits per heavy atom. The maximum absolute atomic E-state index is 12.3. The molecule has 0 heterocycles. The molecular formula is C20H22N2O6. The summed E-state index contributed by atoms with van der Waals surface area (Å²) in [7, 11) is 2.94. The number of carbonyl (C=O) groups excluding carboxylic acids is 3. The van der Waals surface area contributed by atoms with Crippen molar-refractivity contribution in [2.75, 3.05) is 20.8 Å². The SMILES string of the molecule is CNC(=O)NC(=O)C(OC(=O)CCOc1ccc(OC)cc1)c1ccccc1. The van der Waals surface area contributed by atoms with Crippen LogP contribution in [-0.4, -0.2) is 38.7 Å². The van der Waals surface area contributed by atoms with Crippen molar-refractivity contribution in [2.45, 2.75) is 12.5 Å². The first-order valence-corrected chi connectivity index (χ1v) is 8.57. The molecule has 0 saturated carbocycles. The second-order valence-corrected chi connectivity index (χ2v) is 5.62. The summed E-state index contributed by atoms with van der Waals surface area (Å²) < 4.78 is 15.8.